The lowest BCUT2D eigenvalue weighted by atomic mass is 9.79. The molecule has 2 fully saturated rings. The van der Waals surface area contributed by atoms with Crippen molar-refractivity contribution in [3.8, 4) is 0 Å². The van der Waals surface area contributed by atoms with Crippen LogP contribution in [0.15, 0.2) is 35.3 Å². The Bertz CT molecular complexity index is 657. The number of guanidine groups is 1. The van der Waals surface area contributed by atoms with Gasteiger partial charge < -0.3 is 15.5 Å². The zero-order chi connectivity index (χ0) is 20.6. The molecule has 0 atom stereocenters. The van der Waals surface area contributed by atoms with E-state index in [2.05, 4.69) is 46.0 Å². The van der Waals surface area contributed by atoms with E-state index in [1.54, 1.807) is 0 Å². The Morgan fingerprint density at radius 2 is 1.72 bits per heavy atom. The van der Waals surface area contributed by atoms with E-state index in [-0.39, 0.29) is 11.8 Å². The van der Waals surface area contributed by atoms with Gasteiger partial charge in [-0.05, 0) is 55.9 Å². The lowest BCUT2D eigenvalue weighted by molar-refractivity contribution is -0.135. The number of piperidine rings is 1. The number of amides is 1. The van der Waals surface area contributed by atoms with Crippen LogP contribution in [0.1, 0.15) is 63.9 Å². The molecule has 1 saturated heterocycles. The molecule has 1 aliphatic carbocycles. The number of benzene rings is 1. The summed E-state index contributed by atoms with van der Waals surface area (Å²) < 4.78 is 0. The Labute approximate surface area is 176 Å². The van der Waals surface area contributed by atoms with Crippen LogP contribution in [-0.4, -0.2) is 49.5 Å². The van der Waals surface area contributed by atoms with Gasteiger partial charge in [0, 0.05) is 38.6 Å². The second-order valence-corrected chi connectivity index (χ2v) is 8.98. The molecule has 0 aromatic heterocycles. The molecule has 1 amide bonds. The second-order valence-electron chi connectivity index (χ2n) is 8.98. The van der Waals surface area contributed by atoms with Crippen LogP contribution in [0.3, 0.4) is 0 Å². The topological polar surface area (TPSA) is 56.7 Å². The smallest absolute Gasteiger partial charge is 0.225 e. The molecule has 1 aliphatic heterocycles. The summed E-state index contributed by atoms with van der Waals surface area (Å²) >= 11 is 0. The molecule has 0 bridgehead atoms. The summed E-state index contributed by atoms with van der Waals surface area (Å²) in [6.45, 7) is 6.63. The number of nitrogens with one attached hydrogen (secondary N) is 2. The van der Waals surface area contributed by atoms with Gasteiger partial charge in [0.05, 0.1) is 0 Å². The zero-order valence-corrected chi connectivity index (χ0v) is 18.4. The SMILES string of the molecule is CN=C(NCC1CCC(c2ccccc2)CC1)NC1CCN(C(=O)C(C)C)CC1. The van der Waals surface area contributed by atoms with Crippen LogP contribution in [0.5, 0.6) is 0 Å². The molecule has 0 unspecified atom stereocenters. The van der Waals surface area contributed by atoms with Crippen LogP contribution in [0, 0.1) is 11.8 Å². The van der Waals surface area contributed by atoms with Crippen molar-refractivity contribution in [2.24, 2.45) is 16.8 Å². The van der Waals surface area contributed by atoms with Crippen molar-refractivity contribution in [1.29, 1.82) is 0 Å². The molecule has 5 nitrogen and oxygen atoms in total. The number of carbonyl (C=O) groups excluding carboxylic acids is 1. The molecular formula is C24H38N4O. The van der Waals surface area contributed by atoms with Crippen molar-refractivity contribution in [3.63, 3.8) is 0 Å². The molecule has 5 heteroatoms. The number of nitrogens with zero attached hydrogens (tertiary/aromatic N) is 2. The minimum absolute atomic E-state index is 0.0888. The third kappa shape index (κ3) is 6.22. The third-order valence-corrected chi connectivity index (χ3v) is 6.54. The van der Waals surface area contributed by atoms with E-state index >= 15 is 0 Å². The first kappa shape index (κ1) is 21.7. The van der Waals surface area contributed by atoms with E-state index in [1.807, 2.05) is 25.8 Å². The molecule has 2 N–H and O–H groups in total. The summed E-state index contributed by atoms with van der Waals surface area (Å²) in [7, 11) is 1.85. The highest BCUT2D eigenvalue weighted by molar-refractivity contribution is 5.80. The average Bonchev–Trinajstić information content (AvgIpc) is 2.77. The van der Waals surface area contributed by atoms with Crippen molar-refractivity contribution in [3.05, 3.63) is 35.9 Å². The molecule has 1 aromatic carbocycles. The summed E-state index contributed by atoms with van der Waals surface area (Å²) in [5.74, 6) is 2.72. The van der Waals surface area contributed by atoms with Gasteiger partial charge in [-0.3, -0.25) is 9.79 Å². The van der Waals surface area contributed by atoms with E-state index < -0.39 is 0 Å². The van der Waals surface area contributed by atoms with Crippen molar-refractivity contribution in [2.75, 3.05) is 26.7 Å². The first-order chi connectivity index (χ1) is 14.1. The summed E-state index contributed by atoms with van der Waals surface area (Å²) in [5.41, 5.74) is 1.50. The van der Waals surface area contributed by atoms with Crippen molar-refractivity contribution in [1.82, 2.24) is 15.5 Å². The fourth-order valence-electron chi connectivity index (χ4n) is 4.66. The van der Waals surface area contributed by atoms with Gasteiger partial charge in [0.25, 0.3) is 0 Å². The highest BCUT2D eigenvalue weighted by Crippen LogP contribution is 2.35. The molecule has 0 radical (unpaired) electrons. The van der Waals surface area contributed by atoms with Crippen LogP contribution >= 0.6 is 0 Å². The maximum absolute atomic E-state index is 12.1. The van der Waals surface area contributed by atoms with Crippen LogP contribution in [-0.2, 0) is 4.79 Å². The maximum Gasteiger partial charge on any atom is 0.225 e. The summed E-state index contributed by atoms with van der Waals surface area (Å²) in [5, 5.41) is 7.12. The fourth-order valence-corrected chi connectivity index (χ4v) is 4.66. The van der Waals surface area contributed by atoms with E-state index in [0.717, 1.165) is 50.3 Å². The number of carbonyl (C=O) groups is 1. The second kappa shape index (κ2) is 10.7. The van der Waals surface area contributed by atoms with Gasteiger partial charge in [-0.25, -0.2) is 0 Å². The molecule has 1 saturated carbocycles. The minimum atomic E-state index is 0.0888. The summed E-state index contributed by atoms with van der Waals surface area (Å²) in [4.78, 5) is 18.6. The number of likely N-dealkylation sites (tertiary alicyclic amines) is 1. The van der Waals surface area contributed by atoms with Crippen molar-refractivity contribution < 1.29 is 4.79 Å². The number of hydrogen-bond donors (Lipinski definition) is 2. The molecule has 0 spiro atoms. The third-order valence-electron chi connectivity index (χ3n) is 6.54. The van der Waals surface area contributed by atoms with Gasteiger partial charge >= 0.3 is 0 Å². The van der Waals surface area contributed by atoms with E-state index in [1.165, 1.54) is 31.2 Å². The first-order valence-corrected chi connectivity index (χ1v) is 11.4. The maximum atomic E-state index is 12.1. The Hall–Kier alpha value is -2.04. The lowest BCUT2D eigenvalue weighted by Crippen LogP contribution is -2.51. The van der Waals surface area contributed by atoms with Gasteiger partial charge in [0.1, 0.15) is 0 Å². The fraction of sp³-hybridized carbons (Fsp3) is 0.667. The van der Waals surface area contributed by atoms with Crippen molar-refractivity contribution in [2.45, 2.75) is 64.3 Å². The lowest BCUT2D eigenvalue weighted by Gasteiger charge is -2.34. The van der Waals surface area contributed by atoms with Crippen LogP contribution in [0.25, 0.3) is 0 Å². The molecular weight excluding hydrogens is 360 g/mol. The molecule has 160 valence electrons. The Balaban J connectivity index is 1.37. The Morgan fingerprint density at radius 1 is 1.07 bits per heavy atom. The summed E-state index contributed by atoms with van der Waals surface area (Å²) in [6.07, 6.45) is 7.09. The number of aliphatic imine (C=N–C) groups is 1. The van der Waals surface area contributed by atoms with Gasteiger partial charge in [0.2, 0.25) is 5.91 Å². The number of hydrogen-bond acceptors (Lipinski definition) is 2. The normalized spacial score (nSPS) is 23.9. The molecule has 1 aromatic rings. The van der Waals surface area contributed by atoms with Crippen LogP contribution < -0.4 is 10.6 Å². The highest BCUT2D eigenvalue weighted by Gasteiger charge is 2.25. The monoisotopic (exact) mass is 398 g/mol. The quantitative estimate of drug-likeness (QED) is 0.586. The van der Waals surface area contributed by atoms with Gasteiger partial charge in [-0.1, -0.05) is 44.2 Å². The van der Waals surface area contributed by atoms with E-state index in [0.29, 0.717) is 6.04 Å². The van der Waals surface area contributed by atoms with Crippen LogP contribution in [0.2, 0.25) is 0 Å². The first-order valence-electron chi connectivity index (χ1n) is 11.4. The van der Waals surface area contributed by atoms with Crippen LogP contribution in [0.4, 0.5) is 0 Å². The van der Waals surface area contributed by atoms with E-state index in [4.69, 9.17) is 0 Å². The van der Waals surface area contributed by atoms with Crippen molar-refractivity contribution >= 4 is 11.9 Å². The van der Waals surface area contributed by atoms with E-state index in [9.17, 15) is 4.79 Å². The van der Waals surface area contributed by atoms with Gasteiger partial charge in [0.15, 0.2) is 5.96 Å². The standard InChI is InChI=1S/C24H38N4O/c1-18(2)23(29)28-15-13-22(14-16-28)27-24(25-3)26-17-19-9-11-21(12-10-19)20-7-5-4-6-8-20/h4-8,18-19,21-22H,9-17H2,1-3H3,(H2,25,26,27). The summed E-state index contributed by atoms with van der Waals surface area (Å²) in [6, 6.07) is 11.4. The van der Waals surface area contributed by atoms with Gasteiger partial charge in [-0.15, -0.1) is 0 Å². The molecule has 1 heterocycles. The predicted molar refractivity (Wildman–Crippen MR) is 120 cm³/mol. The zero-order valence-electron chi connectivity index (χ0n) is 18.4. The molecule has 29 heavy (non-hydrogen) atoms. The predicted octanol–water partition coefficient (Wildman–Crippen LogP) is 3.77. The largest absolute Gasteiger partial charge is 0.356 e. The van der Waals surface area contributed by atoms with Gasteiger partial charge in [-0.2, -0.15) is 0 Å². The number of rotatable bonds is 5. The molecule has 3 rings (SSSR count). The Kier molecular flexibility index (Phi) is 7.96. The Morgan fingerprint density at radius 3 is 2.31 bits per heavy atom. The minimum Gasteiger partial charge on any atom is -0.356 e. The average molecular weight is 399 g/mol. The highest BCUT2D eigenvalue weighted by atomic mass is 16.2. The molecule has 2 aliphatic rings.